The Labute approximate surface area is 712 Å². The Morgan fingerprint density at radius 3 is 0.884 bits per heavy atom. The third-order valence-corrected chi connectivity index (χ3v) is 28.1. The Balaban J connectivity index is 0.891. The van der Waals surface area contributed by atoms with Gasteiger partial charge in [0.05, 0.1) is 16.8 Å². The fourth-order valence-corrected chi connectivity index (χ4v) is 22.9. The summed E-state index contributed by atoms with van der Waals surface area (Å²) in [5, 5.41) is 4.97. The lowest BCUT2D eigenvalue weighted by Crippen LogP contribution is -2.61. The highest BCUT2D eigenvalue weighted by Crippen LogP contribution is 2.60. The van der Waals surface area contributed by atoms with E-state index in [9.17, 15) is 0 Å². The van der Waals surface area contributed by atoms with Crippen LogP contribution in [0.15, 0.2) is 449 Å². The summed E-state index contributed by atoms with van der Waals surface area (Å²) in [6.07, 6.45) is 0. The van der Waals surface area contributed by atoms with E-state index in [4.69, 9.17) is 0 Å². The molecule has 0 saturated heterocycles. The van der Waals surface area contributed by atoms with Gasteiger partial charge in [-0.1, -0.05) is 376 Å². The Kier molecular flexibility index (Phi) is 16.8. The molecule has 0 N–H and O–H groups in total. The number of rotatable bonds is 13. The molecule has 0 radical (unpaired) electrons. The highest BCUT2D eigenvalue weighted by atomic mass is 32.1. The molecule has 0 spiro atoms. The maximum Gasteiger partial charge on any atom is 0.252 e. The quantitative estimate of drug-likeness (QED) is 0.106. The second-order valence-corrected chi connectivity index (χ2v) is 34.5. The maximum atomic E-state index is 2.79. The van der Waals surface area contributed by atoms with Gasteiger partial charge in [-0.25, -0.2) is 0 Å². The molecule has 19 aromatic carbocycles. The third-order valence-electron chi connectivity index (χ3n) is 25.8. The van der Waals surface area contributed by atoms with E-state index in [1.807, 2.05) is 22.7 Å². The van der Waals surface area contributed by atoms with Crippen molar-refractivity contribution in [1.29, 1.82) is 0 Å². The zero-order valence-electron chi connectivity index (χ0n) is 66.1. The predicted molar refractivity (Wildman–Crippen MR) is 515 cm³/mol. The van der Waals surface area contributed by atoms with Crippen molar-refractivity contribution >= 4 is 120 Å². The summed E-state index contributed by atoms with van der Waals surface area (Å²) in [6.45, 7) is -0.299. The maximum absolute atomic E-state index is 2.79. The summed E-state index contributed by atoms with van der Waals surface area (Å²) >= 11 is 3.81. The van der Waals surface area contributed by atoms with Crippen LogP contribution in [0.25, 0.3) is 129 Å². The summed E-state index contributed by atoms with van der Waals surface area (Å²) < 4.78 is 5.04. The van der Waals surface area contributed by atoms with Crippen molar-refractivity contribution in [3.05, 3.63) is 488 Å². The van der Waals surface area contributed by atoms with E-state index in [2.05, 4.69) is 459 Å². The van der Waals surface area contributed by atoms with Crippen LogP contribution in [-0.4, -0.2) is 6.71 Å². The lowest BCUT2D eigenvalue weighted by molar-refractivity contribution is 0.681. The van der Waals surface area contributed by atoms with Crippen LogP contribution >= 0.6 is 22.7 Å². The van der Waals surface area contributed by atoms with Gasteiger partial charge in [0.1, 0.15) is 0 Å². The standard InChI is InChI=1S/C116H75BN2S2/c1-7-33-75(34-8-1)79-41-27-45-83(65-79)90-57-31-58-91(84-46-28-42-80(66-84)76-35-9-2-10-36-76)114(90)118-104-71-98-94-53-21-25-63-108(94)120-110(98)73-102(104)117-103-74-111-99(95-54-22-26-64-109(95)121-111)72-105(103)119(115-92(85-47-29-43-81(67-85)77-37-11-3-12-38-77)59-32-60-93(115)86-48-30-44-82(68-86)78-39-13-4-14-40-78)107-70-87(69-106(118)113(107)117)112-96-55-19-23-61-100(96)116(88-49-15-5-16-50-88,89-51-17-6-18-52-89)101-62-24-20-56-97(101)112/h1-74,112H. The highest BCUT2D eigenvalue weighted by Gasteiger charge is 2.50. The molecule has 0 bridgehead atoms. The molecule has 2 aromatic heterocycles. The van der Waals surface area contributed by atoms with E-state index in [0.29, 0.717) is 0 Å². The first-order chi connectivity index (χ1) is 60.0. The molecule has 4 heterocycles. The molecule has 121 heavy (non-hydrogen) atoms. The fraction of sp³-hybridized carbons (Fsp3) is 0.0172. The van der Waals surface area contributed by atoms with Crippen molar-refractivity contribution in [3.63, 3.8) is 0 Å². The van der Waals surface area contributed by atoms with Crippen molar-refractivity contribution in [2.24, 2.45) is 0 Å². The average Bonchev–Trinajstić information content (AvgIpc) is 1.47. The predicted octanol–water partition coefficient (Wildman–Crippen LogP) is 29.7. The van der Waals surface area contributed by atoms with Crippen molar-refractivity contribution in [3.8, 4) is 89.0 Å². The molecule has 0 saturated carbocycles. The minimum absolute atomic E-state index is 0.299. The van der Waals surface area contributed by atoms with Crippen LogP contribution in [0.4, 0.5) is 34.1 Å². The highest BCUT2D eigenvalue weighted by molar-refractivity contribution is 7.26. The van der Waals surface area contributed by atoms with Crippen LogP contribution < -0.4 is 26.2 Å². The zero-order chi connectivity index (χ0) is 79.6. The first-order valence-electron chi connectivity index (χ1n) is 41.9. The lowest BCUT2D eigenvalue weighted by Gasteiger charge is -2.47. The second kappa shape index (κ2) is 28.8. The van der Waals surface area contributed by atoms with Crippen LogP contribution in [0.2, 0.25) is 0 Å². The van der Waals surface area contributed by atoms with Gasteiger partial charge in [0.25, 0.3) is 6.71 Å². The van der Waals surface area contributed by atoms with Crippen LogP contribution in [0.3, 0.4) is 0 Å². The van der Waals surface area contributed by atoms with Crippen molar-refractivity contribution in [2.75, 3.05) is 9.80 Å². The first kappa shape index (κ1) is 70.5. The van der Waals surface area contributed by atoms with Gasteiger partial charge in [-0.05, 0) is 195 Å². The van der Waals surface area contributed by atoms with Gasteiger partial charge < -0.3 is 9.80 Å². The molecule has 5 heteroatoms. The summed E-state index contributed by atoms with van der Waals surface area (Å²) in [5.74, 6) is -0.300. The molecule has 3 aliphatic rings. The van der Waals surface area contributed by atoms with Gasteiger partial charge in [-0.2, -0.15) is 0 Å². The summed E-state index contributed by atoms with van der Waals surface area (Å²) in [6, 6.07) is 171. The topological polar surface area (TPSA) is 6.48 Å². The molecule has 2 aliphatic heterocycles. The zero-order valence-corrected chi connectivity index (χ0v) is 67.7. The monoisotopic (exact) mass is 1570 g/mol. The molecule has 0 atom stereocenters. The molecule has 1 aliphatic carbocycles. The van der Waals surface area contributed by atoms with E-state index in [-0.39, 0.29) is 12.6 Å². The molecule has 24 rings (SSSR count). The van der Waals surface area contributed by atoms with Gasteiger partial charge in [0.15, 0.2) is 0 Å². The van der Waals surface area contributed by atoms with Crippen LogP contribution in [0, 0.1) is 0 Å². The average molecular weight is 1570 g/mol. The van der Waals surface area contributed by atoms with Gasteiger partial charge in [-0.15, -0.1) is 22.7 Å². The van der Waals surface area contributed by atoms with Gasteiger partial charge in [0, 0.05) is 91.3 Å². The Hall–Kier alpha value is -14.7. The minimum Gasteiger partial charge on any atom is -0.310 e. The number of benzene rings is 19. The first-order valence-corrected chi connectivity index (χ1v) is 43.5. The molecule has 0 unspecified atom stereocenters. The van der Waals surface area contributed by atoms with E-state index in [1.165, 1.54) is 118 Å². The molecule has 564 valence electrons. The van der Waals surface area contributed by atoms with Crippen molar-refractivity contribution < 1.29 is 0 Å². The van der Waals surface area contributed by atoms with Crippen LogP contribution in [0.1, 0.15) is 44.9 Å². The largest absolute Gasteiger partial charge is 0.310 e. The Morgan fingerprint density at radius 1 is 0.223 bits per heavy atom. The molecule has 0 fully saturated rings. The number of para-hydroxylation sites is 2. The molecular formula is C116H75BN2S2. The van der Waals surface area contributed by atoms with E-state index >= 15 is 0 Å². The van der Waals surface area contributed by atoms with E-state index < -0.39 is 5.41 Å². The van der Waals surface area contributed by atoms with E-state index in [1.54, 1.807) is 0 Å². The lowest BCUT2D eigenvalue weighted by atomic mass is 9.33. The second-order valence-electron chi connectivity index (χ2n) is 32.4. The van der Waals surface area contributed by atoms with Gasteiger partial charge in [-0.3, -0.25) is 0 Å². The number of anilines is 6. The summed E-state index contributed by atoms with van der Waals surface area (Å²) in [7, 11) is 0. The van der Waals surface area contributed by atoms with E-state index in [0.717, 1.165) is 101 Å². The van der Waals surface area contributed by atoms with Crippen molar-refractivity contribution in [2.45, 2.75) is 11.3 Å². The smallest absolute Gasteiger partial charge is 0.252 e. The fourth-order valence-electron chi connectivity index (χ4n) is 20.6. The summed E-state index contributed by atoms with van der Waals surface area (Å²) in [5.41, 5.74) is 36.7. The third kappa shape index (κ3) is 11.4. The van der Waals surface area contributed by atoms with Gasteiger partial charge in [0.2, 0.25) is 0 Å². The number of hydrogen-bond donors (Lipinski definition) is 0. The van der Waals surface area contributed by atoms with Crippen LogP contribution in [-0.2, 0) is 5.41 Å². The number of nitrogens with zero attached hydrogens (tertiary/aromatic N) is 2. The van der Waals surface area contributed by atoms with Crippen molar-refractivity contribution in [1.82, 2.24) is 0 Å². The molecular weight excluding hydrogens is 1500 g/mol. The molecule has 0 amide bonds. The Bertz CT molecular complexity index is 7010. The normalized spacial score (nSPS) is 13.1. The number of fused-ring (bicyclic) bond motifs is 12. The van der Waals surface area contributed by atoms with Crippen LogP contribution in [0.5, 0.6) is 0 Å². The minimum atomic E-state index is -0.702. The Morgan fingerprint density at radius 2 is 0.521 bits per heavy atom. The molecule has 21 aromatic rings. The number of thiophene rings is 2. The number of hydrogen-bond acceptors (Lipinski definition) is 4. The summed E-state index contributed by atoms with van der Waals surface area (Å²) in [4.78, 5) is 5.57. The molecule has 2 nitrogen and oxygen atoms in total. The SMILES string of the molecule is c1ccc(-c2cccc(-c3cccc(-c4cccc(-c5ccccc5)c4)c3N3c4cc5c(cc4B4c6cc7sc8ccccc8c7cc6N(c6c(-c7cccc(-c8ccccc8)c7)cccc6-c6cccc(-c7ccccc7)c6)c6cc(C7c8ccccc8C(c8ccccc8)(c8ccccc8)c8ccccc87)cc3c64)sc3ccccc35)c2)cc1. The van der Waals surface area contributed by atoms with Gasteiger partial charge >= 0.3 is 0 Å².